The Hall–Kier alpha value is -2.07. The number of nitrogens with one attached hydrogen (secondary N) is 1. The van der Waals surface area contributed by atoms with Crippen LogP contribution in [0.25, 0.3) is 11.1 Å². The first-order chi connectivity index (χ1) is 9.88. The van der Waals surface area contributed by atoms with Gasteiger partial charge in [0.1, 0.15) is 11.6 Å². The van der Waals surface area contributed by atoms with Crippen LogP contribution in [0.1, 0.15) is 0 Å². The van der Waals surface area contributed by atoms with Crippen molar-refractivity contribution in [2.45, 2.75) is 0 Å². The molecule has 1 aromatic carbocycles. The maximum absolute atomic E-state index is 5.40. The number of benzene rings is 1. The molecule has 2 aromatic rings. The molecule has 0 saturated carbocycles. The van der Waals surface area contributed by atoms with Crippen LogP contribution in [-0.4, -0.2) is 38.3 Å². The topological polar surface area (TPSA) is 37.4 Å². The molecule has 4 heteroatoms. The molecule has 0 aliphatic carbocycles. The van der Waals surface area contributed by atoms with E-state index in [1.807, 2.05) is 24.4 Å². The van der Waals surface area contributed by atoms with Crippen LogP contribution in [0, 0.1) is 0 Å². The van der Waals surface area contributed by atoms with Crippen LogP contribution in [0.2, 0.25) is 0 Å². The van der Waals surface area contributed by atoms with Gasteiger partial charge in [-0.3, -0.25) is 0 Å². The number of nitrogens with zero attached hydrogens (tertiary/aromatic N) is 2. The molecule has 0 amide bonds. The zero-order valence-corrected chi connectivity index (χ0v) is 11.7. The lowest BCUT2D eigenvalue weighted by molar-refractivity contribution is 0.416. The molecular formula is C16H19N3O. The fraction of sp³-hybridized carbons (Fsp3) is 0.312. The van der Waals surface area contributed by atoms with E-state index in [9.17, 15) is 0 Å². The van der Waals surface area contributed by atoms with Crippen LogP contribution >= 0.6 is 0 Å². The maximum Gasteiger partial charge on any atom is 0.128 e. The Morgan fingerprint density at radius 3 is 2.60 bits per heavy atom. The molecule has 3 rings (SSSR count). The predicted octanol–water partition coefficient (Wildman–Crippen LogP) is 2.17. The highest BCUT2D eigenvalue weighted by atomic mass is 16.5. The standard InChI is InChI=1S/C16H19N3O/c1-20-15-5-3-2-4-14(15)13-6-7-16(18-12-13)19-10-8-17-9-11-19/h2-7,12,17H,8-11H2,1H3. The summed E-state index contributed by atoms with van der Waals surface area (Å²) >= 11 is 0. The van der Waals surface area contributed by atoms with Gasteiger partial charge in [-0.05, 0) is 18.2 Å². The first-order valence-corrected chi connectivity index (χ1v) is 6.93. The van der Waals surface area contributed by atoms with E-state index in [0.717, 1.165) is 48.9 Å². The number of ether oxygens (including phenoxy) is 1. The van der Waals surface area contributed by atoms with Gasteiger partial charge >= 0.3 is 0 Å². The van der Waals surface area contributed by atoms with Crippen molar-refractivity contribution in [3.63, 3.8) is 0 Å². The Labute approximate surface area is 119 Å². The van der Waals surface area contributed by atoms with Crippen LogP contribution < -0.4 is 15.0 Å². The van der Waals surface area contributed by atoms with E-state index in [1.165, 1.54) is 0 Å². The van der Waals surface area contributed by atoms with E-state index in [4.69, 9.17) is 4.74 Å². The first kappa shape index (κ1) is 12.9. The van der Waals surface area contributed by atoms with E-state index < -0.39 is 0 Å². The quantitative estimate of drug-likeness (QED) is 0.926. The van der Waals surface area contributed by atoms with E-state index in [-0.39, 0.29) is 0 Å². The maximum atomic E-state index is 5.40. The Balaban J connectivity index is 1.85. The van der Waals surface area contributed by atoms with Gasteiger partial charge in [-0.1, -0.05) is 18.2 Å². The third-order valence-corrected chi connectivity index (χ3v) is 3.61. The van der Waals surface area contributed by atoms with Gasteiger partial charge in [0.2, 0.25) is 0 Å². The third kappa shape index (κ3) is 2.60. The van der Waals surface area contributed by atoms with Gasteiger partial charge in [0.25, 0.3) is 0 Å². The molecule has 0 atom stereocenters. The van der Waals surface area contributed by atoms with Crippen molar-refractivity contribution in [3.05, 3.63) is 42.6 Å². The van der Waals surface area contributed by atoms with E-state index in [2.05, 4.69) is 33.4 Å². The number of methoxy groups -OCH3 is 1. The number of hydrogen-bond donors (Lipinski definition) is 1. The van der Waals surface area contributed by atoms with Gasteiger partial charge in [-0.15, -0.1) is 0 Å². The lowest BCUT2D eigenvalue weighted by Gasteiger charge is -2.28. The highest BCUT2D eigenvalue weighted by Gasteiger charge is 2.12. The van der Waals surface area contributed by atoms with Crippen LogP contribution in [0.15, 0.2) is 42.6 Å². The minimum Gasteiger partial charge on any atom is -0.496 e. The largest absolute Gasteiger partial charge is 0.496 e. The fourth-order valence-corrected chi connectivity index (χ4v) is 2.51. The van der Waals surface area contributed by atoms with Crippen LogP contribution in [0.5, 0.6) is 5.75 Å². The number of anilines is 1. The minimum atomic E-state index is 0.879. The van der Waals surface area contributed by atoms with Crippen molar-refractivity contribution >= 4 is 5.82 Å². The second-order valence-electron chi connectivity index (χ2n) is 4.84. The molecule has 1 saturated heterocycles. The molecule has 1 aliphatic rings. The average Bonchev–Trinajstić information content (AvgIpc) is 2.56. The van der Waals surface area contributed by atoms with Crippen molar-refractivity contribution in [1.29, 1.82) is 0 Å². The molecule has 1 aliphatic heterocycles. The van der Waals surface area contributed by atoms with Crippen molar-refractivity contribution < 1.29 is 4.74 Å². The zero-order valence-electron chi connectivity index (χ0n) is 11.7. The number of pyridine rings is 1. The number of aromatic nitrogens is 1. The van der Waals surface area contributed by atoms with E-state index in [1.54, 1.807) is 7.11 Å². The first-order valence-electron chi connectivity index (χ1n) is 6.93. The molecule has 0 unspecified atom stereocenters. The second-order valence-corrected chi connectivity index (χ2v) is 4.84. The number of piperazine rings is 1. The summed E-state index contributed by atoms with van der Waals surface area (Å²) in [6.07, 6.45) is 1.93. The number of hydrogen-bond acceptors (Lipinski definition) is 4. The molecule has 0 spiro atoms. The summed E-state index contributed by atoms with van der Waals surface area (Å²) in [7, 11) is 1.70. The number of para-hydroxylation sites is 1. The van der Waals surface area contributed by atoms with Gasteiger partial charge in [0.05, 0.1) is 7.11 Å². The molecule has 0 bridgehead atoms. The van der Waals surface area contributed by atoms with Gasteiger partial charge in [-0.25, -0.2) is 4.98 Å². The van der Waals surface area contributed by atoms with Gasteiger partial charge < -0.3 is 15.0 Å². The third-order valence-electron chi connectivity index (χ3n) is 3.61. The van der Waals surface area contributed by atoms with Crippen molar-refractivity contribution in [1.82, 2.24) is 10.3 Å². The minimum absolute atomic E-state index is 0.879. The second kappa shape index (κ2) is 5.92. The highest BCUT2D eigenvalue weighted by molar-refractivity contribution is 5.70. The van der Waals surface area contributed by atoms with Crippen LogP contribution in [0.4, 0.5) is 5.82 Å². The molecule has 2 heterocycles. The molecule has 4 nitrogen and oxygen atoms in total. The molecule has 1 aromatic heterocycles. The number of rotatable bonds is 3. The normalized spacial score (nSPS) is 15.2. The average molecular weight is 269 g/mol. The zero-order chi connectivity index (χ0) is 13.8. The van der Waals surface area contributed by atoms with Gasteiger partial charge in [-0.2, -0.15) is 0 Å². The summed E-state index contributed by atoms with van der Waals surface area (Å²) in [5.41, 5.74) is 2.16. The molecule has 0 radical (unpaired) electrons. The molecular weight excluding hydrogens is 250 g/mol. The van der Waals surface area contributed by atoms with Crippen LogP contribution in [-0.2, 0) is 0 Å². The summed E-state index contributed by atoms with van der Waals surface area (Å²) in [5, 5.41) is 3.35. The van der Waals surface area contributed by atoms with Crippen LogP contribution in [0.3, 0.4) is 0 Å². The van der Waals surface area contributed by atoms with Crippen molar-refractivity contribution in [2.24, 2.45) is 0 Å². The molecule has 1 fully saturated rings. The molecule has 104 valence electrons. The Morgan fingerprint density at radius 2 is 1.90 bits per heavy atom. The summed E-state index contributed by atoms with van der Waals surface area (Å²) < 4.78 is 5.40. The highest BCUT2D eigenvalue weighted by Crippen LogP contribution is 2.29. The van der Waals surface area contributed by atoms with E-state index in [0.29, 0.717) is 0 Å². The Morgan fingerprint density at radius 1 is 1.10 bits per heavy atom. The fourth-order valence-electron chi connectivity index (χ4n) is 2.51. The van der Waals surface area contributed by atoms with Crippen molar-refractivity contribution in [2.75, 3.05) is 38.2 Å². The Bertz CT molecular complexity index is 562. The lowest BCUT2D eigenvalue weighted by Crippen LogP contribution is -2.43. The monoisotopic (exact) mass is 269 g/mol. The summed E-state index contributed by atoms with van der Waals surface area (Å²) in [6.45, 7) is 4.08. The molecule has 20 heavy (non-hydrogen) atoms. The predicted molar refractivity (Wildman–Crippen MR) is 81.3 cm³/mol. The summed E-state index contributed by atoms with van der Waals surface area (Å²) in [4.78, 5) is 6.90. The summed E-state index contributed by atoms with van der Waals surface area (Å²) in [5.74, 6) is 1.93. The summed E-state index contributed by atoms with van der Waals surface area (Å²) in [6, 6.07) is 12.2. The Kier molecular flexibility index (Phi) is 3.83. The van der Waals surface area contributed by atoms with Gasteiger partial charge in [0.15, 0.2) is 0 Å². The van der Waals surface area contributed by atoms with E-state index >= 15 is 0 Å². The van der Waals surface area contributed by atoms with Gasteiger partial charge in [0, 0.05) is 43.5 Å². The smallest absolute Gasteiger partial charge is 0.128 e. The van der Waals surface area contributed by atoms with Crippen molar-refractivity contribution in [3.8, 4) is 16.9 Å². The SMILES string of the molecule is COc1ccccc1-c1ccc(N2CCNCC2)nc1. The molecule has 1 N–H and O–H groups in total. The lowest BCUT2D eigenvalue weighted by atomic mass is 10.1.